The number of nitrogens with one attached hydrogen (secondary N) is 1. The van der Waals surface area contributed by atoms with Gasteiger partial charge in [0.15, 0.2) is 0 Å². The van der Waals surface area contributed by atoms with Crippen LogP contribution in [-0.4, -0.2) is 42.7 Å². The third-order valence-electron chi connectivity index (χ3n) is 3.87. The van der Waals surface area contributed by atoms with Gasteiger partial charge in [0.05, 0.1) is 17.9 Å². The standard InChI is InChI=1S/C19H20N2O3S/c1-21-9-10-24-17-8-7-15(11-16(17)19(21)23)20-18(22)13-25-12-14-5-3-2-4-6-14/h2-8,11H,9-10,12-13H2,1H3,(H,20,22). The molecule has 1 aliphatic rings. The number of ether oxygens (including phenoxy) is 1. The van der Waals surface area contributed by atoms with Crippen LogP contribution < -0.4 is 10.1 Å². The summed E-state index contributed by atoms with van der Waals surface area (Å²) in [6, 6.07) is 15.2. The van der Waals surface area contributed by atoms with Crippen LogP contribution in [0.1, 0.15) is 15.9 Å². The maximum atomic E-state index is 12.3. The number of carbonyl (C=O) groups excluding carboxylic acids is 2. The molecule has 6 heteroatoms. The fraction of sp³-hybridized carbons (Fsp3) is 0.263. The zero-order valence-corrected chi connectivity index (χ0v) is 14.8. The van der Waals surface area contributed by atoms with Gasteiger partial charge in [0.1, 0.15) is 12.4 Å². The molecule has 0 aromatic heterocycles. The van der Waals surface area contributed by atoms with E-state index in [0.717, 1.165) is 5.75 Å². The number of fused-ring (bicyclic) bond motifs is 1. The van der Waals surface area contributed by atoms with Crippen molar-refractivity contribution in [2.24, 2.45) is 0 Å². The van der Waals surface area contributed by atoms with E-state index in [4.69, 9.17) is 4.74 Å². The number of likely N-dealkylation sites (N-methyl/N-ethyl adjacent to an activating group) is 1. The molecule has 2 aromatic carbocycles. The average molecular weight is 356 g/mol. The molecule has 5 nitrogen and oxygen atoms in total. The van der Waals surface area contributed by atoms with Gasteiger partial charge in [-0.15, -0.1) is 11.8 Å². The van der Waals surface area contributed by atoms with Crippen molar-refractivity contribution in [3.63, 3.8) is 0 Å². The predicted octanol–water partition coefficient (Wildman–Crippen LogP) is 3.02. The quantitative estimate of drug-likeness (QED) is 0.895. The third kappa shape index (κ3) is 4.54. The topological polar surface area (TPSA) is 58.6 Å². The van der Waals surface area contributed by atoms with E-state index in [-0.39, 0.29) is 11.8 Å². The van der Waals surface area contributed by atoms with Crippen LogP contribution in [0.4, 0.5) is 5.69 Å². The molecule has 2 amide bonds. The Labute approximate surface area is 151 Å². The van der Waals surface area contributed by atoms with Crippen molar-refractivity contribution in [1.82, 2.24) is 4.90 Å². The fourth-order valence-corrected chi connectivity index (χ4v) is 3.32. The summed E-state index contributed by atoms with van der Waals surface area (Å²) in [7, 11) is 1.74. The Morgan fingerprint density at radius 1 is 1.24 bits per heavy atom. The summed E-state index contributed by atoms with van der Waals surface area (Å²) in [5.74, 6) is 1.52. The lowest BCUT2D eigenvalue weighted by Crippen LogP contribution is -2.27. The van der Waals surface area contributed by atoms with E-state index in [2.05, 4.69) is 5.32 Å². The van der Waals surface area contributed by atoms with Crippen molar-refractivity contribution < 1.29 is 14.3 Å². The number of hydrogen-bond acceptors (Lipinski definition) is 4. The number of hydrogen-bond donors (Lipinski definition) is 1. The lowest BCUT2D eigenvalue weighted by atomic mass is 10.1. The normalized spacial score (nSPS) is 13.6. The molecule has 3 rings (SSSR count). The lowest BCUT2D eigenvalue weighted by molar-refractivity contribution is -0.113. The first kappa shape index (κ1) is 17.4. The van der Waals surface area contributed by atoms with Gasteiger partial charge in [0.2, 0.25) is 5.91 Å². The maximum Gasteiger partial charge on any atom is 0.257 e. The Morgan fingerprint density at radius 3 is 2.84 bits per heavy atom. The van der Waals surface area contributed by atoms with E-state index in [9.17, 15) is 9.59 Å². The van der Waals surface area contributed by atoms with Gasteiger partial charge in [-0.05, 0) is 23.8 Å². The van der Waals surface area contributed by atoms with E-state index in [1.54, 1.807) is 41.9 Å². The molecule has 0 saturated carbocycles. The van der Waals surface area contributed by atoms with E-state index in [1.807, 2.05) is 30.3 Å². The maximum absolute atomic E-state index is 12.3. The molecule has 0 atom stereocenters. The highest BCUT2D eigenvalue weighted by atomic mass is 32.2. The molecule has 25 heavy (non-hydrogen) atoms. The lowest BCUT2D eigenvalue weighted by Gasteiger charge is -2.13. The number of benzene rings is 2. The molecule has 0 spiro atoms. The van der Waals surface area contributed by atoms with Crippen molar-refractivity contribution in [2.75, 3.05) is 31.3 Å². The molecule has 0 fully saturated rings. The molecule has 1 N–H and O–H groups in total. The van der Waals surface area contributed by atoms with Gasteiger partial charge in [0, 0.05) is 18.5 Å². The summed E-state index contributed by atoms with van der Waals surface area (Å²) in [4.78, 5) is 26.1. The van der Waals surface area contributed by atoms with Gasteiger partial charge < -0.3 is 15.0 Å². The summed E-state index contributed by atoms with van der Waals surface area (Å²) in [5, 5.41) is 2.85. The van der Waals surface area contributed by atoms with Crippen molar-refractivity contribution in [3.8, 4) is 5.75 Å². The molecule has 1 heterocycles. The zero-order valence-electron chi connectivity index (χ0n) is 14.0. The largest absolute Gasteiger partial charge is 0.491 e. The van der Waals surface area contributed by atoms with Crippen LogP contribution >= 0.6 is 11.8 Å². The minimum absolute atomic E-state index is 0.0868. The molecule has 0 aliphatic carbocycles. The van der Waals surface area contributed by atoms with Gasteiger partial charge in [-0.1, -0.05) is 30.3 Å². The van der Waals surface area contributed by atoms with Gasteiger partial charge in [-0.2, -0.15) is 0 Å². The van der Waals surface area contributed by atoms with E-state index < -0.39 is 0 Å². The zero-order chi connectivity index (χ0) is 17.6. The monoisotopic (exact) mass is 356 g/mol. The molecule has 0 radical (unpaired) electrons. The Kier molecular flexibility index (Phi) is 5.60. The smallest absolute Gasteiger partial charge is 0.257 e. The second-order valence-corrected chi connectivity index (χ2v) is 6.80. The Balaban J connectivity index is 1.58. The highest BCUT2D eigenvalue weighted by Crippen LogP contribution is 2.26. The van der Waals surface area contributed by atoms with Gasteiger partial charge in [-0.3, -0.25) is 9.59 Å². The second-order valence-electron chi connectivity index (χ2n) is 5.81. The van der Waals surface area contributed by atoms with Crippen molar-refractivity contribution in [3.05, 3.63) is 59.7 Å². The molecule has 0 saturated heterocycles. The molecule has 0 unspecified atom stereocenters. The highest BCUT2D eigenvalue weighted by Gasteiger charge is 2.21. The van der Waals surface area contributed by atoms with Crippen molar-refractivity contribution in [1.29, 1.82) is 0 Å². The average Bonchev–Trinajstić information content (AvgIpc) is 2.75. The summed E-state index contributed by atoms with van der Waals surface area (Å²) < 4.78 is 5.58. The minimum Gasteiger partial charge on any atom is -0.491 e. The summed E-state index contributed by atoms with van der Waals surface area (Å²) in [6.07, 6.45) is 0. The minimum atomic E-state index is -0.0953. The number of rotatable bonds is 5. The van der Waals surface area contributed by atoms with Crippen LogP contribution in [0.3, 0.4) is 0 Å². The van der Waals surface area contributed by atoms with Crippen molar-refractivity contribution >= 4 is 29.3 Å². The van der Waals surface area contributed by atoms with Crippen LogP contribution in [-0.2, 0) is 10.5 Å². The Hall–Kier alpha value is -2.47. The van der Waals surface area contributed by atoms with Crippen molar-refractivity contribution in [2.45, 2.75) is 5.75 Å². The summed E-state index contributed by atoms with van der Waals surface area (Å²) in [5.41, 5.74) is 2.28. The first-order chi connectivity index (χ1) is 12.1. The highest BCUT2D eigenvalue weighted by molar-refractivity contribution is 7.99. The summed E-state index contributed by atoms with van der Waals surface area (Å²) in [6.45, 7) is 1.02. The summed E-state index contributed by atoms with van der Waals surface area (Å²) >= 11 is 1.55. The molecule has 0 bridgehead atoms. The number of amides is 2. The van der Waals surface area contributed by atoms with Gasteiger partial charge >= 0.3 is 0 Å². The Morgan fingerprint density at radius 2 is 2.04 bits per heavy atom. The first-order valence-electron chi connectivity index (χ1n) is 8.07. The number of anilines is 1. The second kappa shape index (κ2) is 8.07. The van der Waals surface area contributed by atoms with Crippen LogP contribution in [0.5, 0.6) is 5.75 Å². The van der Waals surface area contributed by atoms with Gasteiger partial charge in [0.25, 0.3) is 5.91 Å². The molecule has 1 aliphatic heterocycles. The van der Waals surface area contributed by atoms with Crippen LogP contribution in [0.2, 0.25) is 0 Å². The molecule has 130 valence electrons. The molecule has 2 aromatic rings. The van der Waals surface area contributed by atoms with E-state index in [1.165, 1.54) is 5.56 Å². The third-order valence-corrected chi connectivity index (χ3v) is 4.87. The Bertz CT molecular complexity index is 765. The van der Waals surface area contributed by atoms with Gasteiger partial charge in [-0.25, -0.2) is 0 Å². The number of thioether (sulfide) groups is 1. The number of carbonyl (C=O) groups is 2. The van der Waals surface area contributed by atoms with Crippen LogP contribution in [0.25, 0.3) is 0 Å². The van der Waals surface area contributed by atoms with Crippen LogP contribution in [0.15, 0.2) is 48.5 Å². The first-order valence-corrected chi connectivity index (χ1v) is 9.23. The number of nitrogens with zero attached hydrogens (tertiary/aromatic N) is 1. The fourth-order valence-electron chi connectivity index (χ4n) is 2.53. The van der Waals surface area contributed by atoms with Crippen LogP contribution in [0, 0.1) is 0 Å². The SMILES string of the molecule is CN1CCOc2ccc(NC(=O)CSCc3ccccc3)cc2C1=O. The predicted molar refractivity (Wildman–Crippen MR) is 100 cm³/mol. The molecular weight excluding hydrogens is 336 g/mol. The molecular formula is C19H20N2O3S. The van der Waals surface area contributed by atoms with E-state index in [0.29, 0.717) is 35.9 Å². The van der Waals surface area contributed by atoms with E-state index >= 15 is 0 Å².